The number of nitrogens with zero attached hydrogens (tertiary/aromatic N) is 1. The highest BCUT2D eigenvalue weighted by Crippen LogP contribution is 2.33. The van der Waals surface area contributed by atoms with Crippen molar-refractivity contribution >= 4 is 11.8 Å². The maximum Gasteiger partial charge on any atom is 0.231 e. The van der Waals surface area contributed by atoms with E-state index in [-0.39, 0.29) is 24.0 Å². The lowest BCUT2D eigenvalue weighted by atomic mass is 10.1. The number of carbonyl (C=O) groups excluding carboxylic acids is 1. The number of benzene rings is 3. The molecule has 0 spiro atoms. The van der Waals surface area contributed by atoms with Crippen molar-refractivity contribution in [2.45, 2.75) is 13.3 Å². The zero-order valence-electron chi connectivity index (χ0n) is 15.9. The maximum atomic E-state index is 12.6. The van der Waals surface area contributed by atoms with E-state index in [2.05, 4.69) is 10.3 Å². The van der Waals surface area contributed by atoms with E-state index in [0.717, 1.165) is 16.7 Å². The van der Waals surface area contributed by atoms with Crippen molar-refractivity contribution in [3.05, 3.63) is 90.0 Å². The summed E-state index contributed by atoms with van der Waals surface area (Å²) in [6.07, 6.45) is 0.0295. The standard InChI is InChI=1S/C24H20N2O3/c1-16-12-13-19(20(27)14-16)15-21(28)25-24-22(17-8-4-2-5-9-17)26-23(29-24)18-10-6-3-7-11-18/h2-14,27H,15H2,1H3,(H,25,28). The molecule has 0 atom stereocenters. The Morgan fingerprint density at radius 3 is 2.28 bits per heavy atom. The third kappa shape index (κ3) is 4.19. The molecule has 144 valence electrons. The molecule has 4 aromatic rings. The van der Waals surface area contributed by atoms with E-state index < -0.39 is 0 Å². The fourth-order valence-corrected chi connectivity index (χ4v) is 3.07. The third-order valence-electron chi connectivity index (χ3n) is 4.54. The summed E-state index contributed by atoms with van der Waals surface area (Å²) in [7, 11) is 0. The summed E-state index contributed by atoms with van der Waals surface area (Å²) in [5, 5.41) is 12.9. The van der Waals surface area contributed by atoms with E-state index in [9.17, 15) is 9.90 Å². The van der Waals surface area contributed by atoms with Gasteiger partial charge in [0.25, 0.3) is 0 Å². The number of phenolic OH excluding ortho intramolecular Hbond substituents is 1. The van der Waals surface area contributed by atoms with E-state index in [1.807, 2.05) is 73.7 Å². The van der Waals surface area contributed by atoms with Crippen molar-refractivity contribution in [3.8, 4) is 28.5 Å². The minimum absolute atomic E-state index is 0.0295. The van der Waals surface area contributed by atoms with Crippen LogP contribution in [0.2, 0.25) is 0 Å². The fraction of sp³-hybridized carbons (Fsp3) is 0.0833. The number of anilines is 1. The van der Waals surface area contributed by atoms with Gasteiger partial charge in [0.1, 0.15) is 11.4 Å². The number of aryl methyl sites for hydroxylation is 1. The second kappa shape index (κ2) is 8.02. The average Bonchev–Trinajstić information content (AvgIpc) is 3.15. The minimum Gasteiger partial charge on any atom is -0.508 e. The first-order chi connectivity index (χ1) is 14.1. The normalized spacial score (nSPS) is 10.7. The summed E-state index contributed by atoms with van der Waals surface area (Å²) >= 11 is 0. The molecule has 3 aromatic carbocycles. The van der Waals surface area contributed by atoms with Crippen LogP contribution < -0.4 is 5.32 Å². The first kappa shape index (κ1) is 18.5. The molecule has 1 aromatic heterocycles. The Morgan fingerprint density at radius 1 is 0.966 bits per heavy atom. The van der Waals surface area contributed by atoms with Crippen LogP contribution >= 0.6 is 0 Å². The molecule has 2 N–H and O–H groups in total. The fourth-order valence-electron chi connectivity index (χ4n) is 3.07. The lowest BCUT2D eigenvalue weighted by Crippen LogP contribution is -2.14. The van der Waals surface area contributed by atoms with Crippen LogP contribution in [0.15, 0.2) is 83.3 Å². The number of hydrogen-bond donors (Lipinski definition) is 2. The Kier molecular flexibility index (Phi) is 5.12. The van der Waals surface area contributed by atoms with E-state index in [1.165, 1.54) is 0 Å². The minimum atomic E-state index is -0.294. The SMILES string of the molecule is Cc1ccc(CC(=O)Nc2oc(-c3ccccc3)nc2-c2ccccc2)c(O)c1. The Morgan fingerprint density at radius 2 is 1.62 bits per heavy atom. The summed E-state index contributed by atoms with van der Waals surface area (Å²) in [6, 6.07) is 24.3. The summed E-state index contributed by atoms with van der Waals surface area (Å²) < 4.78 is 5.91. The van der Waals surface area contributed by atoms with Crippen molar-refractivity contribution in [3.63, 3.8) is 0 Å². The Hall–Kier alpha value is -3.86. The molecule has 29 heavy (non-hydrogen) atoms. The predicted octanol–water partition coefficient (Wildman–Crippen LogP) is 5.20. The molecule has 0 bridgehead atoms. The maximum absolute atomic E-state index is 12.6. The highest BCUT2D eigenvalue weighted by atomic mass is 16.4. The molecule has 0 radical (unpaired) electrons. The molecule has 0 aliphatic heterocycles. The molecule has 0 unspecified atom stereocenters. The molecule has 4 rings (SSSR count). The van der Waals surface area contributed by atoms with Gasteiger partial charge in [0.15, 0.2) is 0 Å². The molecule has 5 heteroatoms. The Labute approximate surface area is 168 Å². The van der Waals surface area contributed by atoms with Crippen LogP contribution in [0.5, 0.6) is 5.75 Å². The zero-order chi connectivity index (χ0) is 20.2. The molecule has 0 aliphatic carbocycles. The number of aromatic nitrogens is 1. The van der Waals surface area contributed by atoms with Crippen molar-refractivity contribution in [1.29, 1.82) is 0 Å². The van der Waals surface area contributed by atoms with Crippen molar-refractivity contribution in [1.82, 2.24) is 4.98 Å². The summed E-state index contributed by atoms with van der Waals surface area (Å²) in [6.45, 7) is 1.88. The molecule has 0 aliphatic rings. The summed E-state index contributed by atoms with van der Waals surface area (Å²) in [5.74, 6) is 0.521. The average molecular weight is 384 g/mol. The van der Waals surface area contributed by atoms with Gasteiger partial charge in [-0.15, -0.1) is 0 Å². The number of hydrogen-bond acceptors (Lipinski definition) is 4. The van der Waals surface area contributed by atoms with E-state index in [0.29, 0.717) is 17.1 Å². The Balaban J connectivity index is 1.65. The number of aromatic hydroxyl groups is 1. The van der Waals surface area contributed by atoms with Gasteiger partial charge in [0, 0.05) is 16.7 Å². The van der Waals surface area contributed by atoms with E-state index >= 15 is 0 Å². The molecular formula is C24H20N2O3. The first-order valence-electron chi connectivity index (χ1n) is 9.30. The number of rotatable bonds is 5. The van der Waals surface area contributed by atoms with Crippen LogP contribution in [-0.4, -0.2) is 16.0 Å². The smallest absolute Gasteiger partial charge is 0.231 e. The molecule has 0 saturated heterocycles. The quantitative estimate of drug-likeness (QED) is 0.496. The van der Waals surface area contributed by atoms with Crippen molar-refractivity contribution < 1.29 is 14.3 Å². The second-order valence-electron chi connectivity index (χ2n) is 6.79. The molecular weight excluding hydrogens is 364 g/mol. The van der Waals surface area contributed by atoms with Gasteiger partial charge in [-0.1, -0.05) is 60.7 Å². The van der Waals surface area contributed by atoms with Gasteiger partial charge in [-0.25, -0.2) is 4.98 Å². The van der Waals surface area contributed by atoms with Crippen LogP contribution in [0.4, 0.5) is 5.88 Å². The monoisotopic (exact) mass is 384 g/mol. The van der Waals surface area contributed by atoms with Gasteiger partial charge in [0.2, 0.25) is 17.7 Å². The molecule has 0 fully saturated rings. The number of phenols is 1. The topological polar surface area (TPSA) is 75.4 Å². The highest BCUT2D eigenvalue weighted by molar-refractivity contribution is 5.94. The van der Waals surface area contributed by atoms with Gasteiger partial charge < -0.3 is 9.52 Å². The first-order valence-corrected chi connectivity index (χ1v) is 9.30. The van der Waals surface area contributed by atoms with Crippen LogP contribution in [-0.2, 0) is 11.2 Å². The zero-order valence-corrected chi connectivity index (χ0v) is 15.9. The van der Waals surface area contributed by atoms with Crippen molar-refractivity contribution in [2.24, 2.45) is 0 Å². The van der Waals surface area contributed by atoms with Gasteiger partial charge >= 0.3 is 0 Å². The molecule has 1 amide bonds. The lowest BCUT2D eigenvalue weighted by Gasteiger charge is -2.07. The van der Waals surface area contributed by atoms with Crippen LogP contribution in [0.3, 0.4) is 0 Å². The number of carbonyl (C=O) groups is 1. The second-order valence-corrected chi connectivity index (χ2v) is 6.79. The third-order valence-corrected chi connectivity index (χ3v) is 4.54. The van der Waals surface area contributed by atoms with Crippen LogP contribution in [0, 0.1) is 6.92 Å². The summed E-state index contributed by atoms with van der Waals surface area (Å²) in [5.41, 5.74) is 3.71. The van der Waals surface area contributed by atoms with Crippen LogP contribution in [0.1, 0.15) is 11.1 Å². The largest absolute Gasteiger partial charge is 0.508 e. The van der Waals surface area contributed by atoms with E-state index in [4.69, 9.17) is 4.42 Å². The lowest BCUT2D eigenvalue weighted by molar-refractivity contribution is -0.115. The number of oxazole rings is 1. The number of nitrogens with one attached hydrogen (secondary N) is 1. The summed E-state index contributed by atoms with van der Waals surface area (Å²) in [4.78, 5) is 17.2. The molecule has 5 nitrogen and oxygen atoms in total. The molecule has 0 saturated carbocycles. The van der Waals surface area contributed by atoms with Gasteiger partial charge in [0.05, 0.1) is 6.42 Å². The molecule has 1 heterocycles. The Bertz CT molecular complexity index is 1140. The van der Waals surface area contributed by atoms with Gasteiger partial charge in [-0.3, -0.25) is 10.1 Å². The van der Waals surface area contributed by atoms with Crippen LogP contribution in [0.25, 0.3) is 22.7 Å². The van der Waals surface area contributed by atoms with E-state index in [1.54, 1.807) is 12.1 Å². The van der Waals surface area contributed by atoms with Gasteiger partial charge in [-0.05, 0) is 30.7 Å². The number of amides is 1. The van der Waals surface area contributed by atoms with Crippen molar-refractivity contribution in [2.75, 3.05) is 5.32 Å². The van der Waals surface area contributed by atoms with Gasteiger partial charge in [-0.2, -0.15) is 0 Å². The predicted molar refractivity (Wildman–Crippen MR) is 113 cm³/mol. The highest BCUT2D eigenvalue weighted by Gasteiger charge is 2.19.